The Balaban J connectivity index is 0.000000807. The number of hydrogen-bond donors (Lipinski definition) is 2. The molecule has 0 atom stereocenters. The van der Waals surface area contributed by atoms with Gasteiger partial charge in [-0.15, -0.1) is 0 Å². The molecule has 0 saturated carbocycles. The third-order valence-electron chi connectivity index (χ3n) is 5.22. The summed E-state index contributed by atoms with van der Waals surface area (Å²) in [7, 11) is 1.92. The third-order valence-corrected chi connectivity index (χ3v) is 5.96. The van der Waals surface area contributed by atoms with Crippen LogP contribution in [0.1, 0.15) is 51.8 Å². The van der Waals surface area contributed by atoms with Crippen molar-refractivity contribution in [3.05, 3.63) is 57.5 Å². The van der Waals surface area contributed by atoms with E-state index in [0.717, 1.165) is 54.6 Å². The van der Waals surface area contributed by atoms with Gasteiger partial charge >= 0.3 is 0 Å². The number of anilines is 2. The monoisotopic (exact) mass is 465 g/mol. The summed E-state index contributed by atoms with van der Waals surface area (Å²) >= 11 is 12.1. The van der Waals surface area contributed by atoms with Crippen molar-refractivity contribution in [2.45, 2.75) is 59.9 Å². The van der Waals surface area contributed by atoms with Crippen molar-refractivity contribution in [1.82, 2.24) is 9.88 Å². The highest BCUT2D eigenvalue weighted by molar-refractivity contribution is 6.42. The van der Waals surface area contributed by atoms with Crippen molar-refractivity contribution in [2.75, 3.05) is 18.9 Å². The Labute approximate surface area is 195 Å². The second-order valence-electron chi connectivity index (χ2n) is 7.00. The van der Waals surface area contributed by atoms with Crippen molar-refractivity contribution >= 4 is 45.5 Å². The average Bonchev–Trinajstić information content (AvgIpc) is 3.12. The van der Waals surface area contributed by atoms with Crippen LogP contribution in [0.4, 0.5) is 15.8 Å². The maximum atomic E-state index is 15.1. The van der Waals surface area contributed by atoms with E-state index in [1.54, 1.807) is 18.2 Å². The molecule has 2 N–H and O–H groups in total. The minimum absolute atomic E-state index is 0.194. The van der Waals surface area contributed by atoms with Crippen LogP contribution in [0.25, 0.3) is 10.9 Å². The first-order valence-electron chi connectivity index (χ1n) is 11.3. The quantitative estimate of drug-likeness (QED) is 0.399. The zero-order chi connectivity index (χ0) is 23.0. The van der Waals surface area contributed by atoms with Gasteiger partial charge in [-0.25, -0.2) is 4.39 Å². The van der Waals surface area contributed by atoms with Gasteiger partial charge in [-0.05, 0) is 68.6 Å². The highest BCUT2D eigenvalue weighted by Crippen LogP contribution is 2.36. The van der Waals surface area contributed by atoms with Gasteiger partial charge < -0.3 is 15.2 Å². The van der Waals surface area contributed by atoms with Crippen molar-refractivity contribution < 1.29 is 4.39 Å². The first-order chi connectivity index (χ1) is 15.1. The topological polar surface area (TPSA) is 29.0 Å². The molecule has 1 aliphatic rings. The van der Waals surface area contributed by atoms with Crippen LogP contribution in [0.5, 0.6) is 0 Å². The number of hydrogen-bond acceptors (Lipinski definition) is 2. The molecule has 2 aromatic carbocycles. The number of nitrogens with zero attached hydrogens (tertiary/aromatic N) is 1. The van der Waals surface area contributed by atoms with Gasteiger partial charge in [0.05, 0.1) is 15.6 Å². The van der Waals surface area contributed by atoms with E-state index in [0.29, 0.717) is 10.0 Å². The van der Waals surface area contributed by atoms with Crippen LogP contribution < -0.4 is 10.6 Å². The Kier molecular flexibility index (Phi) is 10.1. The second-order valence-corrected chi connectivity index (χ2v) is 7.81. The summed E-state index contributed by atoms with van der Waals surface area (Å²) in [5, 5.41) is 8.42. The van der Waals surface area contributed by atoms with Gasteiger partial charge in [0.25, 0.3) is 0 Å². The van der Waals surface area contributed by atoms with Gasteiger partial charge in [-0.2, -0.15) is 0 Å². The first-order valence-corrected chi connectivity index (χ1v) is 12.0. The molecular formula is C25H34Cl2FN3. The Morgan fingerprint density at radius 2 is 1.65 bits per heavy atom. The molecule has 1 aliphatic carbocycles. The standard InChI is InChI=1S/C21H22Cl2FN3.2C2H6/c1-25-8-9-27-20-5-3-2-4-15(20)16-10-14(12-19(24)21(16)27)26-13-6-7-17(22)18(23)11-13;2*1-2/h6-7,10-12,25-26H,2-5,8-9H2,1H3;2*1-2H3. The lowest BCUT2D eigenvalue weighted by Crippen LogP contribution is -2.17. The van der Waals surface area contributed by atoms with Crippen LogP contribution in [0.3, 0.4) is 0 Å². The molecule has 0 aliphatic heterocycles. The number of likely N-dealkylation sites (N-methyl/N-ethyl adjacent to an activating group) is 1. The SMILES string of the molecule is CC.CC.CNCCn1c2c(c3cc(Nc4ccc(Cl)c(Cl)c4)cc(F)c31)CCCC2. The Bertz CT molecular complexity index is 998. The third kappa shape index (κ3) is 5.74. The number of halogens is 3. The van der Waals surface area contributed by atoms with Crippen molar-refractivity contribution in [1.29, 1.82) is 0 Å². The molecule has 0 amide bonds. The number of nitrogens with one attached hydrogen (secondary N) is 2. The van der Waals surface area contributed by atoms with Gasteiger partial charge in [0.2, 0.25) is 0 Å². The smallest absolute Gasteiger partial charge is 0.149 e. The van der Waals surface area contributed by atoms with E-state index in [4.69, 9.17) is 23.2 Å². The minimum atomic E-state index is -0.194. The molecule has 170 valence electrons. The lowest BCUT2D eigenvalue weighted by atomic mass is 9.95. The molecular weight excluding hydrogens is 432 g/mol. The van der Waals surface area contributed by atoms with Crippen molar-refractivity contribution in [2.24, 2.45) is 0 Å². The average molecular weight is 466 g/mol. The molecule has 1 aromatic heterocycles. The van der Waals surface area contributed by atoms with E-state index in [9.17, 15) is 0 Å². The molecule has 0 bridgehead atoms. The summed E-state index contributed by atoms with van der Waals surface area (Å²) in [6, 6.07) is 8.94. The minimum Gasteiger partial charge on any atom is -0.355 e. The molecule has 3 nitrogen and oxygen atoms in total. The van der Waals surface area contributed by atoms with Gasteiger partial charge in [-0.1, -0.05) is 50.9 Å². The van der Waals surface area contributed by atoms with Crippen LogP contribution in [0.15, 0.2) is 30.3 Å². The lowest BCUT2D eigenvalue weighted by molar-refractivity contribution is 0.580. The highest BCUT2D eigenvalue weighted by atomic mass is 35.5. The molecule has 6 heteroatoms. The second kappa shape index (κ2) is 12.3. The number of fused-ring (bicyclic) bond motifs is 3. The fraction of sp³-hybridized carbons (Fsp3) is 0.440. The van der Waals surface area contributed by atoms with Gasteiger partial charge in [0.15, 0.2) is 0 Å². The summed E-state index contributed by atoms with van der Waals surface area (Å²) < 4.78 is 17.3. The van der Waals surface area contributed by atoms with Gasteiger partial charge in [-0.3, -0.25) is 0 Å². The van der Waals surface area contributed by atoms with Gasteiger partial charge in [0, 0.05) is 35.5 Å². The Morgan fingerprint density at radius 3 is 2.32 bits per heavy atom. The molecule has 3 aromatic rings. The maximum absolute atomic E-state index is 15.1. The van der Waals surface area contributed by atoms with Crippen LogP contribution in [-0.2, 0) is 19.4 Å². The van der Waals surface area contributed by atoms with E-state index in [1.165, 1.54) is 17.7 Å². The molecule has 31 heavy (non-hydrogen) atoms. The normalized spacial score (nSPS) is 12.4. The van der Waals surface area contributed by atoms with E-state index in [1.807, 2.05) is 40.8 Å². The number of aryl methyl sites for hydroxylation is 1. The predicted octanol–water partition coefficient (Wildman–Crippen LogP) is 7.98. The summed E-state index contributed by atoms with van der Waals surface area (Å²) in [5.41, 5.74) is 4.81. The first kappa shape index (κ1) is 25.5. The lowest BCUT2D eigenvalue weighted by Gasteiger charge is -2.15. The highest BCUT2D eigenvalue weighted by Gasteiger charge is 2.22. The van der Waals surface area contributed by atoms with E-state index in [2.05, 4.69) is 21.3 Å². The predicted molar refractivity (Wildman–Crippen MR) is 135 cm³/mol. The molecule has 0 radical (unpaired) electrons. The molecule has 0 spiro atoms. The largest absolute Gasteiger partial charge is 0.355 e. The number of aromatic nitrogens is 1. The molecule has 4 rings (SSSR count). The molecule has 1 heterocycles. The van der Waals surface area contributed by atoms with Crippen LogP contribution in [0, 0.1) is 5.82 Å². The fourth-order valence-electron chi connectivity index (χ4n) is 4.00. The number of rotatable bonds is 5. The summed E-state index contributed by atoms with van der Waals surface area (Å²) in [6.07, 6.45) is 4.35. The fourth-order valence-corrected chi connectivity index (χ4v) is 4.30. The van der Waals surface area contributed by atoms with Crippen molar-refractivity contribution in [3.63, 3.8) is 0 Å². The van der Waals surface area contributed by atoms with Crippen LogP contribution in [0.2, 0.25) is 10.0 Å². The number of benzene rings is 2. The Hall–Kier alpha value is -1.75. The molecule has 0 unspecified atom stereocenters. The summed E-state index contributed by atoms with van der Waals surface area (Å²) in [4.78, 5) is 0. The summed E-state index contributed by atoms with van der Waals surface area (Å²) in [5.74, 6) is -0.194. The van der Waals surface area contributed by atoms with Crippen molar-refractivity contribution in [3.8, 4) is 0 Å². The van der Waals surface area contributed by atoms with Gasteiger partial charge in [0.1, 0.15) is 5.82 Å². The zero-order valence-electron chi connectivity index (χ0n) is 19.2. The summed E-state index contributed by atoms with van der Waals surface area (Å²) in [6.45, 7) is 9.59. The molecule has 0 saturated heterocycles. The maximum Gasteiger partial charge on any atom is 0.149 e. The Morgan fingerprint density at radius 1 is 0.935 bits per heavy atom. The van der Waals surface area contributed by atoms with E-state index in [-0.39, 0.29) is 5.82 Å². The van der Waals surface area contributed by atoms with Crippen LogP contribution in [-0.4, -0.2) is 18.2 Å². The van der Waals surface area contributed by atoms with E-state index >= 15 is 4.39 Å². The zero-order valence-corrected chi connectivity index (χ0v) is 20.7. The van der Waals surface area contributed by atoms with E-state index < -0.39 is 0 Å². The van der Waals surface area contributed by atoms with Crippen LogP contribution >= 0.6 is 23.2 Å². The molecule has 0 fully saturated rings.